The predicted octanol–water partition coefficient (Wildman–Crippen LogP) is 1.03. The second kappa shape index (κ2) is 5.35. The summed E-state index contributed by atoms with van der Waals surface area (Å²) in [7, 11) is 0. The molecule has 0 bridgehead atoms. The van der Waals surface area contributed by atoms with E-state index in [1.807, 2.05) is 13.0 Å². The molecule has 0 saturated carbocycles. The maximum Gasteiger partial charge on any atom is 0.140 e. The summed E-state index contributed by atoms with van der Waals surface area (Å²) in [5.74, 6) is 0.777. The lowest BCUT2D eigenvalue weighted by atomic mass is 10.0. The van der Waals surface area contributed by atoms with Crippen molar-refractivity contribution in [1.29, 1.82) is 5.41 Å². The highest BCUT2D eigenvalue weighted by atomic mass is 16.3. The van der Waals surface area contributed by atoms with E-state index in [-0.39, 0.29) is 18.5 Å². The summed E-state index contributed by atoms with van der Waals surface area (Å²) < 4.78 is 0. The predicted molar refractivity (Wildman–Crippen MR) is 72.1 cm³/mol. The largest absolute Gasteiger partial charge is 0.394 e. The van der Waals surface area contributed by atoms with Gasteiger partial charge in [0.1, 0.15) is 11.7 Å². The Labute approximate surface area is 107 Å². The molecular weight excluding hydrogens is 228 g/mol. The fourth-order valence-electron chi connectivity index (χ4n) is 2.56. The number of nitrogens with one attached hydrogen (secondary N) is 1. The van der Waals surface area contributed by atoms with E-state index in [9.17, 15) is 5.11 Å². The number of anilines is 1. The minimum absolute atomic E-state index is 0.0397. The first-order chi connectivity index (χ1) is 8.65. The minimum Gasteiger partial charge on any atom is -0.394 e. The Kier molecular flexibility index (Phi) is 3.81. The van der Waals surface area contributed by atoms with Gasteiger partial charge in [0.15, 0.2) is 0 Å². The highest BCUT2D eigenvalue weighted by Crippen LogP contribution is 2.27. The Morgan fingerprint density at radius 3 is 3.06 bits per heavy atom. The molecular formula is C13H20N4O. The molecule has 0 amide bonds. The summed E-state index contributed by atoms with van der Waals surface area (Å²) in [6, 6.07) is 1.95. The van der Waals surface area contributed by atoms with Crippen LogP contribution in [-0.4, -0.2) is 35.1 Å². The molecule has 1 aliphatic rings. The number of amidine groups is 1. The monoisotopic (exact) mass is 248 g/mol. The van der Waals surface area contributed by atoms with Gasteiger partial charge >= 0.3 is 0 Å². The van der Waals surface area contributed by atoms with E-state index in [1.165, 1.54) is 0 Å². The molecule has 1 unspecified atom stereocenters. The van der Waals surface area contributed by atoms with E-state index in [1.54, 1.807) is 6.20 Å². The van der Waals surface area contributed by atoms with Gasteiger partial charge in [-0.15, -0.1) is 0 Å². The lowest BCUT2D eigenvalue weighted by Crippen LogP contribution is -2.43. The van der Waals surface area contributed by atoms with Gasteiger partial charge in [0.25, 0.3) is 0 Å². The highest BCUT2D eigenvalue weighted by Gasteiger charge is 2.26. The first-order valence-electron chi connectivity index (χ1n) is 6.32. The van der Waals surface area contributed by atoms with Crippen LogP contribution in [-0.2, 0) is 0 Å². The first kappa shape index (κ1) is 12.8. The van der Waals surface area contributed by atoms with Gasteiger partial charge in [-0.2, -0.15) is 0 Å². The van der Waals surface area contributed by atoms with Crippen LogP contribution in [0.5, 0.6) is 0 Å². The second-order valence-corrected chi connectivity index (χ2v) is 4.77. The Morgan fingerprint density at radius 1 is 1.61 bits per heavy atom. The fraction of sp³-hybridized carbons (Fsp3) is 0.538. The normalized spacial score (nSPS) is 19.9. The molecule has 5 heteroatoms. The lowest BCUT2D eigenvalue weighted by Gasteiger charge is -2.36. The van der Waals surface area contributed by atoms with Gasteiger partial charge in [-0.1, -0.05) is 0 Å². The van der Waals surface area contributed by atoms with Gasteiger partial charge in [-0.05, 0) is 37.8 Å². The Hall–Kier alpha value is -1.62. The van der Waals surface area contributed by atoms with Crippen LogP contribution >= 0.6 is 0 Å². The molecule has 1 aliphatic heterocycles. The van der Waals surface area contributed by atoms with Crippen LogP contribution in [0.15, 0.2) is 12.3 Å². The molecule has 1 aromatic heterocycles. The molecule has 5 nitrogen and oxygen atoms in total. The number of piperidine rings is 1. The van der Waals surface area contributed by atoms with Gasteiger partial charge in [-0.3, -0.25) is 5.41 Å². The molecule has 1 fully saturated rings. The van der Waals surface area contributed by atoms with Crippen LogP contribution in [0.25, 0.3) is 0 Å². The summed E-state index contributed by atoms with van der Waals surface area (Å²) in [5.41, 5.74) is 7.31. The van der Waals surface area contributed by atoms with E-state index in [0.29, 0.717) is 5.56 Å². The molecule has 0 radical (unpaired) electrons. The molecule has 2 rings (SSSR count). The number of hydrogen-bond donors (Lipinski definition) is 3. The molecule has 98 valence electrons. The van der Waals surface area contributed by atoms with Gasteiger partial charge in [-0.25, -0.2) is 4.98 Å². The van der Waals surface area contributed by atoms with Crippen molar-refractivity contribution in [2.24, 2.45) is 5.73 Å². The molecule has 2 heterocycles. The number of rotatable bonds is 3. The average Bonchev–Trinajstić information content (AvgIpc) is 2.38. The zero-order valence-electron chi connectivity index (χ0n) is 10.7. The van der Waals surface area contributed by atoms with E-state index < -0.39 is 0 Å². The number of hydrogen-bond acceptors (Lipinski definition) is 4. The number of pyridine rings is 1. The topological polar surface area (TPSA) is 86.2 Å². The number of aliphatic hydroxyl groups is 1. The van der Waals surface area contributed by atoms with Gasteiger partial charge in [0.2, 0.25) is 0 Å². The summed E-state index contributed by atoms with van der Waals surface area (Å²) >= 11 is 0. The fourth-order valence-corrected chi connectivity index (χ4v) is 2.56. The summed E-state index contributed by atoms with van der Waals surface area (Å²) in [4.78, 5) is 6.47. The first-order valence-corrected chi connectivity index (χ1v) is 6.32. The molecule has 1 aromatic rings. The van der Waals surface area contributed by atoms with Crippen molar-refractivity contribution < 1.29 is 5.11 Å². The average molecular weight is 248 g/mol. The van der Waals surface area contributed by atoms with Crippen molar-refractivity contribution in [2.75, 3.05) is 18.1 Å². The molecule has 1 saturated heterocycles. The summed E-state index contributed by atoms with van der Waals surface area (Å²) in [6.45, 7) is 2.91. The van der Waals surface area contributed by atoms with Gasteiger partial charge in [0.05, 0.1) is 18.2 Å². The third-order valence-electron chi connectivity index (χ3n) is 3.52. The van der Waals surface area contributed by atoms with Gasteiger partial charge in [0, 0.05) is 12.7 Å². The molecule has 0 aliphatic carbocycles. The van der Waals surface area contributed by atoms with Crippen LogP contribution in [0.2, 0.25) is 0 Å². The minimum atomic E-state index is 0.0397. The van der Waals surface area contributed by atoms with Crippen molar-refractivity contribution in [3.05, 3.63) is 23.4 Å². The highest BCUT2D eigenvalue weighted by molar-refractivity contribution is 6.01. The quantitative estimate of drug-likeness (QED) is 0.550. The molecule has 0 aromatic carbocycles. The SMILES string of the molecule is Cc1ccnc(N2CCCCC2CO)c1C(=N)N. The van der Waals surface area contributed by atoms with E-state index in [2.05, 4.69) is 9.88 Å². The molecule has 0 spiro atoms. The van der Waals surface area contributed by atoms with Crippen molar-refractivity contribution >= 4 is 11.7 Å². The number of aromatic nitrogens is 1. The number of aryl methyl sites for hydroxylation is 1. The van der Waals surface area contributed by atoms with Crippen LogP contribution in [0.3, 0.4) is 0 Å². The van der Waals surface area contributed by atoms with Crippen LogP contribution in [0.1, 0.15) is 30.4 Å². The molecule has 4 N–H and O–H groups in total. The van der Waals surface area contributed by atoms with Crippen molar-refractivity contribution in [3.8, 4) is 0 Å². The van der Waals surface area contributed by atoms with Crippen molar-refractivity contribution in [3.63, 3.8) is 0 Å². The Balaban J connectivity index is 2.42. The standard InChI is InChI=1S/C13H20N4O/c1-9-5-6-16-13(11(9)12(14)15)17-7-3-2-4-10(17)8-18/h5-6,10,18H,2-4,7-8H2,1H3,(H3,14,15). The van der Waals surface area contributed by atoms with E-state index >= 15 is 0 Å². The number of nitrogens with zero attached hydrogens (tertiary/aromatic N) is 2. The van der Waals surface area contributed by atoms with Crippen LogP contribution < -0.4 is 10.6 Å². The second-order valence-electron chi connectivity index (χ2n) is 4.77. The van der Waals surface area contributed by atoms with Gasteiger partial charge < -0.3 is 15.7 Å². The van der Waals surface area contributed by atoms with E-state index in [4.69, 9.17) is 11.1 Å². The lowest BCUT2D eigenvalue weighted by molar-refractivity contribution is 0.239. The summed E-state index contributed by atoms with van der Waals surface area (Å²) in [5, 5.41) is 17.2. The van der Waals surface area contributed by atoms with Crippen LogP contribution in [0.4, 0.5) is 5.82 Å². The maximum absolute atomic E-state index is 9.47. The van der Waals surface area contributed by atoms with E-state index in [0.717, 1.165) is 37.2 Å². The number of nitrogens with two attached hydrogens (primary N) is 1. The Morgan fingerprint density at radius 2 is 2.39 bits per heavy atom. The van der Waals surface area contributed by atoms with Crippen LogP contribution in [0, 0.1) is 12.3 Å². The zero-order chi connectivity index (χ0) is 13.1. The number of aliphatic hydroxyl groups excluding tert-OH is 1. The van der Waals surface area contributed by atoms with Crippen molar-refractivity contribution in [2.45, 2.75) is 32.2 Å². The smallest absolute Gasteiger partial charge is 0.140 e. The Bertz CT molecular complexity index is 447. The number of nitrogen functional groups attached to an aromatic ring is 1. The third-order valence-corrected chi connectivity index (χ3v) is 3.52. The zero-order valence-corrected chi connectivity index (χ0v) is 10.7. The molecule has 18 heavy (non-hydrogen) atoms. The summed E-state index contributed by atoms with van der Waals surface area (Å²) in [6.07, 6.45) is 4.91. The van der Waals surface area contributed by atoms with Crippen molar-refractivity contribution in [1.82, 2.24) is 4.98 Å². The molecule has 1 atom stereocenters. The maximum atomic E-state index is 9.47. The third kappa shape index (κ3) is 2.31.